The van der Waals surface area contributed by atoms with E-state index in [0.29, 0.717) is 31.3 Å². The first-order valence-electron chi connectivity index (χ1n) is 7.62. The molecule has 0 saturated carbocycles. The number of hydrogen-bond donors (Lipinski definition) is 1. The van der Waals surface area contributed by atoms with Crippen LogP contribution in [-0.4, -0.2) is 17.9 Å². The fourth-order valence-corrected chi connectivity index (χ4v) is 3.94. The molecule has 2 aromatic carbocycles. The van der Waals surface area contributed by atoms with Gasteiger partial charge in [0.05, 0.1) is 27.7 Å². The predicted molar refractivity (Wildman–Crippen MR) is 114 cm³/mol. The summed E-state index contributed by atoms with van der Waals surface area (Å²) in [5.41, 5.74) is 3.59. The topological polar surface area (TPSA) is 63.0 Å². The van der Waals surface area contributed by atoms with E-state index >= 15 is 0 Å². The fourth-order valence-electron chi connectivity index (χ4n) is 2.10. The molecule has 0 aliphatic heterocycles. The van der Waals surface area contributed by atoms with Gasteiger partial charge in [0.2, 0.25) is 0 Å². The Balaban J connectivity index is 1.62. The quantitative estimate of drug-likeness (QED) is 0.280. The minimum absolute atomic E-state index is 0.331. The van der Waals surface area contributed by atoms with Crippen LogP contribution in [0.4, 0.5) is 5.69 Å². The van der Waals surface area contributed by atoms with Gasteiger partial charge >= 0.3 is 5.97 Å². The highest BCUT2D eigenvalue weighted by atomic mass is 35.5. The Morgan fingerprint density at radius 3 is 2.56 bits per heavy atom. The van der Waals surface area contributed by atoms with Crippen LogP contribution in [-0.2, 0) is 4.84 Å². The first kappa shape index (κ1) is 19.6. The molecule has 1 N–H and O–H groups in total. The number of halogens is 3. The fraction of sp³-hybridized carbons (Fsp3) is 0.0556. The number of anilines is 1. The van der Waals surface area contributed by atoms with Gasteiger partial charge in [0.1, 0.15) is 4.88 Å². The van der Waals surface area contributed by atoms with E-state index < -0.39 is 5.97 Å². The third-order valence-electron chi connectivity index (χ3n) is 3.35. The minimum atomic E-state index is -0.531. The molecule has 0 atom stereocenters. The van der Waals surface area contributed by atoms with Gasteiger partial charge in [0.15, 0.2) is 0 Å². The molecule has 27 heavy (non-hydrogen) atoms. The molecular weight excluding hydrogens is 429 g/mol. The Hall–Kier alpha value is -2.12. The Bertz CT molecular complexity index is 1010. The zero-order valence-corrected chi connectivity index (χ0v) is 17.0. The Morgan fingerprint density at radius 1 is 1.15 bits per heavy atom. The number of carbonyl (C=O) groups is 1. The van der Waals surface area contributed by atoms with E-state index in [2.05, 4.69) is 15.7 Å². The van der Waals surface area contributed by atoms with Crippen molar-refractivity contribution >= 4 is 79.8 Å². The summed E-state index contributed by atoms with van der Waals surface area (Å²) < 4.78 is 1.01. The third-order valence-corrected chi connectivity index (χ3v) is 5.26. The molecular formula is C18H12Cl3N3O2S. The van der Waals surface area contributed by atoms with E-state index in [1.807, 2.05) is 24.3 Å². The number of nitrogens with one attached hydrogen (secondary N) is 1. The van der Waals surface area contributed by atoms with Gasteiger partial charge in [-0.1, -0.05) is 58.2 Å². The second-order valence-corrected chi connectivity index (χ2v) is 7.71. The van der Waals surface area contributed by atoms with Crippen molar-refractivity contribution in [1.29, 1.82) is 0 Å². The van der Waals surface area contributed by atoms with Crippen molar-refractivity contribution in [3.8, 4) is 0 Å². The minimum Gasteiger partial charge on any atom is -0.312 e. The van der Waals surface area contributed by atoms with E-state index in [1.54, 1.807) is 25.1 Å². The number of hydrazone groups is 1. The summed E-state index contributed by atoms with van der Waals surface area (Å²) in [6.45, 7) is 1.67. The van der Waals surface area contributed by atoms with E-state index in [1.165, 1.54) is 17.6 Å². The second-order valence-electron chi connectivity index (χ2n) is 5.37. The standard InChI is InChI=1S/C18H12Cl3N3O2S/c1-10(23-24-17-13(20)7-12(19)8-14(17)21)9-22-26-18(25)16-6-11-4-2-3-5-15(11)27-16/h2-9,24H,1H3/b22-9+,23-10+. The van der Waals surface area contributed by atoms with Crippen LogP contribution in [0.3, 0.4) is 0 Å². The molecule has 3 aromatic rings. The largest absolute Gasteiger partial charge is 0.375 e. The van der Waals surface area contributed by atoms with Gasteiger partial charge in [-0.25, -0.2) is 4.79 Å². The molecule has 0 radical (unpaired) electrons. The summed E-state index contributed by atoms with van der Waals surface area (Å²) in [7, 11) is 0. The van der Waals surface area contributed by atoms with Crippen LogP contribution in [0.5, 0.6) is 0 Å². The van der Waals surface area contributed by atoms with Crippen molar-refractivity contribution in [3.05, 3.63) is 62.4 Å². The number of benzene rings is 2. The number of carbonyl (C=O) groups excluding carboxylic acids is 1. The van der Waals surface area contributed by atoms with Crippen LogP contribution in [0.1, 0.15) is 16.6 Å². The molecule has 138 valence electrons. The van der Waals surface area contributed by atoms with Gasteiger partial charge in [-0.05, 0) is 36.6 Å². The van der Waals surface area contributed by atoms with Crippen LogP contribution < -0.4 is 5.43 Å². The summed E-state index contributed by atoms with van der Waals surface area (Å²) in [5.74, 6) is -0.531. The number of oxime groups is 1. The van der Waals surface area contributed by atoms with E-state index in [0.717, 1.165) is 10.1 Å². The van der Waals surface area contributed by atoms with Gasteiger partial charge in [0.25, 0.3) is 0 Å². The van der Waals surface area contributed by atoms with Crippen LogP contribution in [0.25, 0.3) is 10.1 Å². The monoisotopic (exact) mass is 439 g/mol. The predicted octanol–water partition coefficient (Wildman–Crippen LogP) is 6.49. The maximum atomic E-state index is 12.1. The van der Waals surface area contributed by atoms with Crippen LogP contribution in [0.2, 0.25) is 15.1 Å². The third kappa shape index (κ3) is 4.99. The SMILES string of the molecule is CC(/C=N/OC(=O)c1cc2ccccc2s1)=N\Nc1c(Cl)cc(Cl)cc1Cl. The van der Waals surface area contributed by atoms with Crippen molar-refractivity contribution in [3.63, 3.8) is 0 Å². The molecule has 0 unspecified atom stereocenters. The van der Waals surface area contributed by atoms with Crippen molar-refractivity contribution < 1.29 is 9.63 Å². The first-order chi connectivity index (χ1) is 12.9. The maximum Gasteiger partial charge on any atom is 0.375 e. The summed E-state index contributed by atoms with van der Waals surface area (Å²) in [5, 5.41) is 9.80. The zero-order chi connectivity index (χ0) is 19.4. The molecule has 1 heterocycles. The van der Waals surface area contributed by atoms with Crippen molar-refractivity contribution in [2.24, 2.45) is 10.3 Å². The second kappa shape index (κ2) is 8.71. The van der Waals surface area contributed by atoms with Crippen molar-refractivity contribution in [2.45, 2.75) is 6.92 Å². The van der Waals surface area contributed by atoms with Gasteiger partial charge in [-0.2, -0.15) is 5.10 Å². The highest BCUT2D eigenvalue weighted by Crippen LogP contribution is 2.33. The zero-order valence-electron chi connectivity index (χ0n) is 13.9. The van der Waals surface area contributed by atoms with Crippen molar-refractivity contribution in [1.82, 2.24) is 0 Å². The normalized spacial score (nSPS) is 11.9. The Labute approximate surface area is 174 Å². The summed E-state index contributed by atoms with van der Waals surface area (Å²) >= 11 is 19.3. The lowest BCUT2D eigenvalue weighted by Crippen LogP contribution is -2.02. The molecule has 0 aliphatic carbocycles. The lowest BCUT2D eigenvalue weighted by Gasteiger charge is -2.06. The van der Waals surface area contributed by atoms with E-state index in [4.69, 9.17) is 39.6 Å². The average Bonchev–Trinajstić information content (AvgIpc) is 3.05. The highest BCUT2D eigenvalue weighted by molar-refractivity contribution is 7.20. The van der Waals surface area contributed by atoms with Crippen LogP contribution in [0, 0.1) is 0 Å². The highest BCUT2D eigenvalue weighted by Gasteiger charge is 2.11. The lowest BCUT2D eigenvalue weighted by atomic mass is 10.2. The van der Waals surface area contributed by atoms with Crippen LogP contribution in [0.15, 0.2) is 52.7 Å². The maximum absolute atomic E-state index is 12.1. The lowest BCUT2D eigenvalue weighted by molar-refractivity contribution is 0.0525. The number of nitrogens with zero attached hydrogens (tertiary/aromatic N) is 2. The molecule has 1 aromatic heterocycles. The molecule has 0 fully saturated rings. The summed E-state index contributed by atoms with van der Waals surface area (Å²) in [4.78, 5) is 17.4. The van der Waals surface area contributed by atoms with Gasteiger partial charge < -0.3 is 4.84 Å². The molecule has 0 saturated heterocycles. The number of fused-ring (bicyclic) bond motifs is 1. The molecule has 0 spiro atoms. The van der Waals surface area contributed by atoms with E-state index in [9.17, 15) is 4.79 Å². The van der Waals surface area contributed by atoms with Gasteiger partial charge in [-0.15, -0.1) is 11.3 Å². The number of thiophene rings is 1. The van der Waals surface area contributed by atoms with E-state index in [-0.39, 0.29) is 0 Å². The average molecular weight is 441 g/mol. The Morgan fingerprint density at radius 2 is 1.85 bits per heavy atom. The number of hydrogen-bond acceptors (Lipinski definition) is 6. The number of rotatable bonds is 5. The molecule has 0 aliphatic rings. The molecule has 3 rings (SSSR count). The molecule has 0 amide bonds. The molecule has 0 bridgehead atoms. The van der Waals surface area contributed by atoms with Gasteiger partial charge in [-0.3, -0.25) is 5.43 Å². The summed E-state index contributed by atoms with van der Waals surface area (Å²) in [6.07, 6.45) is 1.30. The van der Waals surface area contributed by atoms with Gasteiger partial charge in [0, 0.05) is 9.72 Å². The summed E-state index contributed by atoms with van der Waals surface area (Å²) in [6, 6.07) is 12.6. The van der Waals surface area contributed by atoms with Crippen molar-refractivity contribution in [2.75, 3.05) is 5.43 Å². The van der Waals surface area contributed by atoms with Crippen LogP contribution >= 0.6 is 46.1 Å². The smallest absolute Gasteiger partial charge is 0.312 e. The molecule has 9 heteroatoms. The molecule has 5 nitrogen and oxygen atoms in total. The Kier molecular flexibility index (Phi) is 6.34. The first-order valence-corrected chi connectivity index (χ1v) is 9.57.